The lowest BCUT2D eigenvalue weighted by atomic mass is 10.0. The molecule has 1 unspecified atom stereocenters. The van der Waals surface area contributed by atoms with Crippen molar-refractivity contribution in [3.63, 3.8) is 0 Å². The van der Waals surface area contributed by atoms with E-state index in [2.05, 4.69) is 29.6 Å². The molecule has 132 valence electrons. The van der Waals surface area contributed by atoms with Gasteiger partial charge in [-0.2, -0.15) is 0 Å². The minimum atomic E-state index is -0.430. The van der Waals surface area contributed by atoms with Crippen LogP contribution in [0.4, 0.5) is 4.79 Å². The first-order chi connectivity index (χ1) is 11.4. The Labute approximate surface area is 145 Å². The van der Waals surface area contributed by atoms with E-state index >= 15 is 0 Å². The smallest absolute Gasteiger partial charge is 0.410 e. The molecule has 1 saturated heterocycles. The van der Waals surface area contributed by atoms with Crippen LogP contribution in [-0.2, 0) is 11.3 Å². The molecule has 1 atom stereocenters. The molecular formula is C20H30N2O2. The van der Waals surface area contributed by atoms with Gasteiger partial charge in [0.15, 0.2) is 0 Å². The van der Waals surface area contributed by atoms with Crippen LogP contribution in [0, 0.1) is 0 Å². The molecule has 4 heteroatoms. The Morgan fingerprint density at radius 3 is 2.71 bits per heavy atom. The highest BCUT2D eigenvalue weighted by atomic mass is 16.6. The highest BCUT2D eigenvalue weighted by molar-refractivity contribution is 5.69. The number of hydrogen-bond acceptors (Lipinski definition) is 3. The van der Waals surface area contributed by atoms with Gasteiger partial charge in [0.2, 0.25) is 0 Å². The highest BCUT2D eigenvalue weighted by Gasteiger charge is 2.32. The summed E-state index contributed by atoms with van der Waals surface area (Å²) in [5.41, 5.74) is 2.48. The van der Waals surface area contributed by atoms with E-state index in [1.165, 1.54) is 24.0 Å². The van der Waals surface area contributed by atoms with Gasteiger partial charge in [-0.15, -0.1) is 0 Å². The average Bonchev–Trinajstić information content (AvgIpc) is 3.24. The molecule has 1 amide bonds. The van der Waals surface area contributed by atoms with Crippen LogP contribution in [0.3, 0.4) is 0 Å². The first kappa shape index (κ1) is 17.3. The molecule has 0 radical (unpaired) electrons. The number of carbonyl (C=O) groups is 1. The molecule has 24 heavy (non-hydrogen) atoms. The third-order valence-electron chi connectivity index (χ3n) is 4.77. The number of benzene rings is 1. The van der Waals surface area contributed by atoms with Crippen molar-refractivity contribution in [1.29, 1.82) is 0 Å². The van der Waals surface area contributed by atoms with Gasteiger partial charge in [0.1, 0.15) is 5.60 Å². The fourth-order valence-corrected chi connectivity index (χ4v) is 3.47. The van der Waals surface area contributed by atoms with Gasteiger partial charge in [-0.05, 0) is 63.5 Å². The van der Waals surface area contributed by atoms with Crippen LogP contribution in [-0.4, -0.2) is 35.7 Å². The van der Waals surface area contributed by atoms with Gasteiger partial charge in [0, 0.05) is 25.7 Å². The number of rotatable bonds is 5. The van der Waals surface area contributed by atoms with Crippen LogP contribution in [0.25, 0.3) is 0 Å². The van der Waals surface area contributed by atoms with E-state index in [-0.39, 0.29) is 12.1 Å². The van der Waals surface area contributed by atoms with Crippen LogP contribution in [0.1, 0.15) is 63.5 Å². The van der Waals surface area contributed by atoms with Crippen molar-refractivity contribution >= 4 is 6.09 Å². The Morgan fingerprint density at radius 2 is 2.00 bits per heavy atom. The van der Waals surface area contributed by atoms with E-state index < -0.39 is 5.60 Å². The minimum Gasteiger partial charge on any atom is -0.444 e. The van der Waals surface area contributed by atoms with E-state index in [4.69, 9.17) is 4.74 Å². The summed E-state index contributed by atoms with van der Waals surface area (Å²) in [4.78, 5) is 14.2. The van der Waals surface area contributed by atoms with Crippen LogP contribution >= 0.6 is 0 Å². The Balaban J connectivity index is 1.52. The minimum absolute atomic E-state index is 0.176. The zero-order valence-corrected chi connectivity index (χ0v) is 15.2. The second-order valence-electron chi connectivity index (χ2n) is 8.07. The summed E-state index contributed by atoms with van der Waals surface area (Å²) in [5.74, 6) is 0.771. The zero-order valence-electron chi connectivity index (χ0n) is 15.2. The van der Waals surface area contributed by atoms with Crippen LogP contribution in [0.2, 0.25) is 0 Å². The van der Waals surface area contributed by atoms with Gasteiger partial charge >= 0.3 is 6.09 Å². The predicted molar refractivity (Wildman–Crippen MR) is 96.1 cm³/mol. The van der Waals surface area contributed by atoms with Crippen molar-refractivity contribution in [3.05, 3.63) is 35.4 Å². The molecule has 3 rings (SSSR count). The van der Waals surface area contributed by atoms with Gasteiger partial charge in [-0.3, -0.25) is 0 Å². The molecule has 0 bridgehead atoms. The maximum absolute atomic E-state index is 12.3. The van der Waals surface area contributed by atoms with E-state index in [9.17, 15) is 4.79 Å². The Bertz CT molecular complexity index is 575. The van der Waals surface area contributed by atoms with Crippen molar-refractivity contribution in [2.75, 3.05) is 13.1 Å². The van der Waals surface area contributed by atoms with Crippen molar-refractivity contribution in [3.8, 4) is 0 Å². The summed E-state index contributed by atoms with van der Waals surface area (Å²) in [5, 5.41) is 3.56. The fraction of sp³-hybridized carbons (Fsp3) is 0.650. The molecule has 4 nitrogen and oxygen atoms in total. The van der Waals surface area contributed by atoms with Crippen molar-refractivity contribution in [2.45, 2.75) is 70.6 Å². The van der Waals surface area contributed by atoms with Gasteiger partial charge in [0.05, 0.1) is 0 Å². The van der Waals surface area contributed by atoms with Crippen molar-refractivity contribution in [2.24, 2.45) is 0 Å². The topological polar surface area (TPSA) is 41.6 Å². The number of hydrogen-bond donors (Lipinski definition) is 1. The third-order valence-corrected chi connectivity index (χ3v) is 4.77. The van der Waals surface area contributed by atoms with E-state index in [1.807, 2.05) is 25.7 Å². The Kier molecular flexibility index (Phi) is 5.14. The predicted octanol–water partition coefficient (Wildman–Crippen LogP) is 4.05. The molecule has 1 aliphatic carbocycles. The average molecular weight is 330 g/mol. The summed E-state index contributed by atoms with van der Waals surface area (Å²) in [6.45, 7) is 8.28. The maximum atomic E-state index is 12.3. The second kappa shape index (κ2) is 7.14. The van der Waals surface area contributed by atoms with E-state index in [0.29, 0.717) is 0 Å². The largest absolute Gasteiger partial charge is 0.444 e. The SMILES string of the molecule is CC(C)(C)OC(=O)N1CCCC1CNCc1ccccc1C1CC1. The fourth-order valence-electron chi connectivity index (χ4n) is 3.47. The lowest BCUT2D eigenvalue weighted by Crippen LogP contribution is -2.44. The Hall–Kier alpha value is -1.55. The normalized spacial score (nSPS) is 21.1. The number of ether oxygens (including phenoxy) is 1. The van der Waals surface area contributed by atoms with Crippen molar-refractivity contribution < 1.29 is 9.53 Å². The number of amides is 1. The van der Waals surface area contributed by atoms with E-state index in [1.54, 1.807) is 0 Å². The maximum Gasteiger partial charge on any atom is 0.410 e. The van der Waals surface area contributed by atoms with Crippen LogP contribution in [0.5, 0.6) is 0 Å². The molecule has 1 heterocycles. The summed E-state index contributed by atoms with van der Waals surface area (Å²) in [7, 11) is 0. The molecule has 0 aromatic heterocycles. The molecule has 1 aromatic carbocycles. The standard InChI is InChI=1S/C20H30N2O2/c1-20(2,3)24-19(23)22-12-6-8-17(22)14-21-13-16-7-4-5-9-18(16)15-10-11-15/h4-5,7,9,15,17,21H,6,8,10-14H2,1-3H3. The molecule has 1 aromatic rings. The first-order valence-corrected chi connectivity index (χ1v) is 9.22. The number of nitrogens with one attached hydrogen (secondary N) is 1. The summed E-state index contributed by atoms with van der Waals surface area (Å²) >= 11 is 0. The van der Waals surface area contributed by atoms with Gasteiger partial charge in [-0.1, -0.05) is 24.3 Å². The van der Waals surface area contributed by atoms with Gasteiger partial charge in [-0.25, -0.2) is 4.79 Å². The quantitative estimate of drug-likeness (QED) is 0.885. The molecular weight excluding hydrogens is 300 g/mol. The van der Waals surface area contributed by atoms with Crippen molar-refractivity contribution in [1.82, 2.24) is 10.2 Å². The summed E-state index contributed by atoms with van der Waals surface area (Å²) in [6, 6.07) is 8.98. The number of carbonyl (C=O) groups excluding carboxylic acids is 1. The highest BCUT2D eigenvalue weighted by Crippen LogP contribution is 2.41. The number of likely N-dealkylation sites (tertiary alicyclic amines) is 1. The third kappa shape index (κ3) is 4.50. The second-order valence-corrected chi connectivity index (χ2v) is 8.07. The van der Waals surface area contributed by atoms with Gasteiger partial charge < -0.3 is 15.0 Å². The van der Waals surface area contributed by atoms with Crippen LogP contribution in [0.15, 0.2) is 24.3 Å². The Morgan fingerprint density at radius 1 is 1.25 bits per heavy atom. The van der Waals surface area contributed by atoms with E-state index in [0.717, 1.165) is 38.4 Å². The molecule has 1 aliphatic heterocycles. The molecule has 0 spiro atoms. The summed E-state index contributed by atoms with van der Waals surface area (Å²) in [6.07, 6.45) is 4.59. The lowest BCUT2D eigenvalue weighted by Gasteiger charge is -2.28. The molecule has 2 aliphatic rings. The number of nitrogens with zero attached hydrogens (tertiary/aromatic N) is 1. The molecule has 2 fully saturated rings. The zero-order chi connectivity index (χ0) is 17.2. The molecule has 1 saturated carbocycles. The summed E-state index contributed by atoms with van der Waals surface area (Å²) < 4.78 is 5.53. The first-order valence-electron chi connectivity index (χ1n) is 9.22. The molecule has 1 N–H and O–H groups in total. The monoisotopic (exact) mass is 330 g/mol. The van der Waals surface area contributed by atoms with Gasteiger partial charge in [0.25, 0.3) is 0 Å². The lowest BCUT2D eigenvalue weighted by molar-refractivity contribution is 0.0226. The van der Waals surface area contributed by atoms with Crippen LogP contribution < -0.4 is 5.32 Å².